The molecular weight excluding hydrogens is 342 g/mol. The molecule has 1 fully saturated rings. The van der Waals surface area contributed by atoms with Crippen molar-refractivity contribution in [2.75, 3.05) is 19.7 Å². The van der Waals surface area contributed by atoms with Gasteiger partial charge in [-0.05, 0) is 35.7 Å². The van der Waals surface area contributed by atoms with E-state index in [2.05, 4.69) is 16.0 Å². The molecule has 1 aromatic heterocycles. The zero-order valence-electron chi connectivity index (χ0n) is 15.0. The van der Waals surface area contributed by atoms with Crippen molar-refractivity contribution < 1.29 is 14.3 Å². The van der Waals surface area contributed by atoms with Crippen LogP contribution in [0.4, 0.5) is 0 Å². The fraction of sp³-hybridized carbons (Fsp3) is 0.286. The average molecular weight is 363 g/mol. The third-order valence-corrected chi connectivity index (χ3v) is 4.64. The van der Waals surface area contributed by atoms with E-state index >= 15 is 0 Å². The van der Waals surface area contributed by atoms with E-state index in [1.54, 1.807) is 23.5 Å². The van der Waals surface area contributed by atoms with Crippen LogP contribution in [0.2, 0.25) is 0 Å². The lowest BCUT2D eigenvalue weighted by Gasteiger charge is -2.32. The van der Waals surface area contributed by atoms with Crippen LogP contribution in [0.1, 0.15) is 12.8 Å². The summed E-state index contributed by atoms with van der Waals surface area (Å²) in [6.45, 7) is 1.28. The predicted molar refractivity (Wildman–Crippen MR) is 102 cm³/mol. The summed E-state index contributed by atoms with van der Waals surface area (Å²) in [7, 11) is 0. The van der Waals surface area contributed by atoms with Gasteiger partial charge in [0, 0.05) is 18.9 Å². The summed E-state index contributed by atoms with van der Waals surface area (Å²) in [6.07, 6.45) is 6.51. The third kappa shape index (κ3) is 4.34. The van der Waals surface area contributed by atoms with Gasteiger partial charge in [-0.2, -0.15) is 0 Å². The monoisotopic (exact) mass is 363 g/mol. The van der Waals surface area contributed by atoms with E-state index in [9.17, 15) is 4.79 Å². The van der Waals surface area contributed by atoms with Gasteiger partial charge < -0.3 is 14.4 Å². The summed E-state index contributed by atoms with van der Waals surface area (Å²) < 4.78 is 11.6. The Morgan fingerprint density at radius 3 is 2.89 bits per heavy atom. The zero-order valence-corrected chi connectivity index (χ0v) is 15.0. The first-order chi connectivity index (χ1) is 13.3. The van der Waals surface area contributed by atoms with Crippen LogP contribution >= 0.6 is 0 Å². The number of piperidine rings is 1. The van der Waals surface area contributed by atoms with Crippen LogP contribution in [0.3, 0.4) is 0 Å². The second-order valence-electron chi connectivity index (χ2n) is 6.56. The zero-order chi connectivity index (χ0) is 18.5. The fourth-order valence-corrected chi connectivity index (χ4v) is 3.27. The number of ether oxygens (including phenoxy) is 2. The number of fused-ring (bicyclic) bond motifs is 1. The highest BCUT2D eigenvalue weighted by Crippen LogP contribution is 2.21. The molecule has 4 rings (SSSR count). The molecule has 0 radical (unpaired) electrons. The topological polar surface area (TPSA) is 64.5 Å². The summed E-state index contributed by atoms with van der Waals surface area (Å²) in [5.41, 5.74) is 0. The largest absolute Gasteiger partial charge is 0.484 e. The molecule has 27 heavy (non-hydrogen) atoms. The van der Waals surface area contributed by atoms with Crippen LogP contribution in [-0.2, 0) is 4.79 Å². The van der Waals surface area contributed by atoms with Gasteiger partial charge in [0.05, 0.1) is 12.7 Å². The molecule has 0 N–H and O–H groups in total. The molecule has 1 aliphatic heterocycles. The van der Waals surface area contributed by atoms with E-state index in [1.165, 1.54) is 0 Å². The normalized spacial score (nSPS) is 16.9. The minimum Gasteiger partial charge on any atom is -0.484 e. The van der Waals surface area contributed by atoms with Gasteiger partial charge in [0.25, 0.3) is 5.91 Å². The number of hydrogen-bond donors (Lipinski definition) is 0. The number of nitrogens with zero attached hydrogens (tertiary/aromatic N) is 3. The van der Waals surface area contributed by atoms with E-state index in [4.69, 9.17) is 9.47 Å². The molecule has 1 amide bonds. The molecule has 138 valence electrons. The first kappa shape index (κ1) is 17.3. The van der Waals surface area contributed by atoms with Gasteiger partial charge in [0.15, 0.2) is 6.61 Å². The molecule has 2 aromatic carbocycles. The van der Waals surface area contributed by atoms with Crippen molar-refractivity contribution in [1.29, 1.82) is 0 Å². The highest BCUT2D eigenvalue weighted by molar-refractivity contribution is 5.84. The first-order valence-corrected chi connectivity index (χ1v) is 9.10. The van der Waals surface area contributed by atoms with Gasteiger partial charge >= 0.3 is 0 Å². The molecule has 1 aliphatic rings. The maximum atomic E-state index is 12.6. The van der Waals surface area contributed by atoms with Crippen LogP contribution in [0.15, 0.2) is 61.1 Å². The Morgan fingerprint density at radius 1 is 1.15 bits per heavy atom. The van der Waals surface area contributed by atoms with E-state index in [0.717, 1.165) is 30.2 Å². The van der Waals surface area contributed by atoms with E-state index in [-0.39, 0.29) is 18.6 Å². The van der Waals surface area contributed by atoms with Crippen molar-refractivity contribution in [2.24, 2.45) is 0 Å². The standard InChI is InChI=1S/C21H21N3O3/c25-21(15-26-18-8-7-16-4-1-2-5-17(16)12-18)24-11-3-6-19(14-24)27-20-13-22-9-10-23-20/h1-2,4-5,7-10,12-13,19H,3,6,11,14-15H2. The number of carbonyl (C=O) groups is 1. The lowest BCUT2D eigenvalue weighted by Crippen LogP contribution is -2.46. The SMILES string of the molecule is O=C(COc1ccc2ccccc2c1)N1CCCC(Oc2cnccn2)C1. The van der Waals surface area contributed by atoms with Gasteiger partial charge in [-0.1, -0.05) is 30.3 Å². The second kappa shape index (κ2) is 8.03. The quantitative estimate of drug-likeness (QED) is 0.697. The third-order valence-electron chi connectivity index (χ3n) is 4.64. The average Bonchev–Trinajstić information content (AvgIpc) is 2.73. The number of carbonyl (C=O) groups excluding carboxylic acids is 1. The molecule has 0 aliphatic carbocycles. The summed E-state index contributed by atoms with van der Waals surface area (Å²) in [5.74, 6) is 1.16. The molecule has 1 saturated heterocycles. The summed E-state index contributed by atoms with van der Waals surface area (Å²) in [5, 5.41) is 2.24. The summed E-state index contributed by atoms with van der Waals surface area (Å²) in [6, 6.07) is 13.9. The van der Waals surface area contributed by atoms with Gasteiger partial charge in [0.2, 0.25) is 5.88 Å². The molecule has 2 heterocycles. The van der Waals surface area contributed by atoms with Crippen molar-refractivity contribution >= 4 is 16.7 Å². The van der Waals surface area contributed by atoms with Crippen LogP contribution in [-0.4, -0.2) is 46.6 Å². The van der Waals surface area contributed by atoms with Crippen molar-refractivity contribution in [2.45, 2.75) is 18.9 Å². The fourth-order valence-electron chi connectivity index (χ4n) is 3.27. The number of likely N-dealkylation sites (tertiary alicyclic amines) is 1. The summed E-state index contributed by atoms with van der Waals surface area (Å²) >= 11 is 0. The van der Waals surface area contributed by atoms with Crippen LogP contribution in [0.25, 0.3) is 10.8 Å². The lowest BCUT2D eigenvalue weighted by atomic mass is 10.1. The molecular formula is C21H21N3O3. The number of benzene rings is 2. The number of aromatic nitrogens is 2. The molecule has 0 spiro atoms. The Kier molecular flexibility index (Phi) is 5.14. The minimum absolute atomic E-state index is 0.0240. The van der Waals surface area contributed by atoms with E-state index in [0.29, 0.717) is 18.2 Å². The van der Waals surface area contributed by atoms with Crippen LogP contribution in [0, 0.1) is 0 Å². The summed E-state index contributed by atoms with van der Waals surface area (Å²) in [4.78, 5) is 22.5. The Labute approximate surface area is 157 Å². The van der Waals surface area contributed by atoms with E-state index in [1.807, 2.05) is 36.4 Å². The number of hydrogen-bond acceptors (Lipinski definition) is 5. The van der Waals surface area contributed by atoms with Gasteiger partial charge in [-0.15, -0.1) is 0 Å². The molecule has 1 atom stereocenters. The molecule has 6 nitrogen and oxygen atoms in total. The molecule has 1 unspecified atom stereocenters. The molecule has 0 saturated carbocycles. The molecule has 3 aromatic rings. The Bertz CT molecular complexity index is 917. The maximum Gasteiger partial charge on any atom is 0.260 e. The highest BCUT2D eigenvalue weighted by Gasteiger charge is 2.25. The second-order valence-corrected chi connectivity index (χ2v) is 6.56. The van der Waals surface area contributed by atoms with Crippen LogP contribution < -0.4 is 9.47 Å². The number of rotatable bonds is 5. The minimum atomic E-state index is -0.0694. The highest BCUT2D eigenvalue weighted by atomic mass is 16.5. The smallest absolute Gasteiger partial charge is 0.260 e. The van der Waals surface area contributed by atoms with Crippen molar-refractivity contribution in [3.63, 3.8) is 0 Å². The Hall–Kier alpha value is -3.15. The predicted octanol–water partition coefficient (Wildman–Crippen LogP) is 3.08. The van der Waals surface area contributed by atoms with Gasteiger partial charge in [0.1, 0.15) is 11.9 Å². The van der Waals surface area contributed by atoms with E-state index < -0.39 is 0 Å². The Balaban J connectivity index is 1.33. The van der Waals surface area contributed by atoms with Crippen molar-refractivity contribution in [1.82, 2.24) is 14.9 Å². The Morgan fingerprint density at radius 2 is 2.04 bits per heavy atom. The molecule has 6 heteroatoms. The van der Waals surface area contributed by atoms with Crippen molar-refractivity contribution in [3.8, 4) is 11.6 Å². The number of amides is 1. The molecule has 0 bridgehead atoms. The van der Waals surface area contributed by atoms with Gasteiger partial charge in [-0.3, -0.25) is 9.78 Å². The maximum absolute atomic E-state index is 12.6. The lowest BCUT2D eigenvalue weighted by molar-refractivity contribution is -0.136. The van der Waals surface area contributed by atoms with Gasteiger partial charge in [-0.25, -0.2) is 4.98 Å². The first-order valence-electron chi connectivity index (χ1n) is 9.10. The van der Waals surface area contributed by atoms with Crippen LogP contribution in [0.5, 0.6) is 11.6 Å². The van der Waals surface area contributed by atoms with Crippen molar-refractivity contribution in [3.05, 3.63) is 61.1 Å².